The van der Waals surface area contributed by atoms with Crippen molar-refractivity contribution in [1.29, 1.82) is 0 Å². The highest BCUT2D eigenvalue weighted by Gasteiger charge is 2.06. The molecule has 1 N–H and O–H groups in total. The molecule has 0 aliphatic heterocycles. The predicted octanol–water partition coefficient (Wildman–Crippen LogP) is 1.72. The molecule has 1 aromatic heterocycles. The Balaban J connectivity index is 2.96. The van der Waals surface area contributed by atoms with Crippen molar-refractivity contribution >= 4 is 0 Å². The number of hydrogen-bond donors (Lipinski definition) is 1. The Morgan fingerprint density at radius 3 is 2.50 bits per heavy atom. The minimum atomic E-state index is -2.57. The molecule has 0 aliphatic carbocycles. The maximum atomic E-state index is 11.8. The third-order valence-corrected chi connectivity index (χ3v) is 0.997. The van der Waals surface area contributed by atoms with E-state index in [2.05, 4.69) is 4.98 Å². The summed E-state index contributed by atoms with van der Waals surface area (Å²) < 4.78 is 23.6. The minimum absolute atomic E-state index is 0.238. The van der Waals surface area contributed by atoms with E-state index in [9.17, 15) is 8.78 Å². The molecular weight excluding hydrogens is 140 g/mol. The first-order valence-electron chi connectivity index (χ1n) is 2.62. The lowest BCUT2D eigenvalue weighted by molar-refractivity contribution is 0.150. The summed E-state index contributed by atoms with van der Waals surface area (Å²) in [6.45, 7) is 0. The highest BCUT2D eigenvalue weighted by molar-refractivity contribution is 5.22. The number of halogens is 2. The quantitative estimate of drug-likeness (QED) is 0.652. The van der Waals surface area contributed by atoms with E-state index in [1.54, 1.807) is 0 Å². The van der Waals surface area contributed by atoms with E-state index in [4.69, 9.17) is 5.11 Å². The molecule has 0 unspecified atom stereocenters. The first-order valence-corrected chi connectivity index (χ1v) is 2.62. The standard InChI is InChI=1S/C6H5F2NO/c7-6(8)4-1-5(10)3-9-2-4/h1-3,6,10H. The first-order chi connectivity index (χ1) is 4.70. The zero-order chi connectivity index (χ0) is 7.56. The number of pyridine rings is 1. The van der Waals surface area contributed by atoms with Crippen LogP contribution in [0.4, 0.5) is 8.78 Å². The van der Waals surface area contributed by atoms with E-state index in [1.165, 1.54) is 0 Å². The smallest absolute Gasteiger partial charge is 0.265 e. The van der Waals surface area contributed by atoms with E-state index in [-0.39, 0.29) is 11.3 Å². The van der Waals surface area contributed by atoms with Crippen molar-refractivity contribution < 1.29 is 13.9 Å². The second kappa shape index (κ2) is 2.60. The Morgan fingerprint density at radius 2 is 2.10 bits per heavy atom. The highest BCUT2D eigenvalue weighted by Crippen LogP contribution is 2.20. The molecule has 1 rings (SSSR count). The van der Waals surface area contributed by atoms with Crippen molar-refractivity contribution in [2.75, 3.05) is 0 Å². The molecule has 0 fully saturated rings. The molecule has 0 spiro atoms. The molecule has 0 atom stereocenters. The Bertz CT molecular complexity index is 227. The monoisotopic (exact) mass is 145 g/mol. The van der Waals surface area contributed by atoms with Crippen molar-refractivity contribution in [3.8, 4) is 5.75 Å². The maximum Gasteiger partial charge on any atom is 0.265 e. The first kappa shape index (κ1) is 6.92. The van der Waals surface area contributed by atoms with Gasteiger partial charge < -0.3 is 5.11 Å². The van der Waals surface area contributed by atoms with Gasteiger partial charge in [0.15, 0.2) is 0 Å². The molecule has 1 aromatic rings. The van der Waals surface area contributed by atoms with Gasteiger partial charge >= 0.3 is 0 Å². The number of aromatic hydroxyl groups is 1. The molecule has 1 heterocycles. The molecular formula is C6H5F2NO. The van der Waals surface area contributed by atoms with Crippen LogP contribution in [0.25, 0.3) is 0 Å². The fourth-order valence-electron chi connectivity index (χ4n) is 0.564. The van der Waals surface area contributed by atoms with Gasteiger partial charge in [-0.1, -0.05) is 0 Å². The molecule has 2 nitrogen and oxygen atoms in total. The summed E-state index contributed by atoms with van der Waals surface area (Å²) in [5.41, 5.74) is -0.264. The Labute approximate surface area is 56.1 Å². The Hall–Kier alpha value is -1.19. The van der Waals surface area contributed by atoms with E-state index < -0.39 is 6.43 Å². The average molecular weight is 145 g/mol. The number of hydrogen-bond acceptors (Lipinski definition) is 2. The van der Waals surface area contributed by atoms with Crippen LogP contribution in [0.3, 0.4) is 0 Å². The van der Waals surface area contributed by atoms with Crippen molar-refractivity contribution in [3.63, 3.8) is 0 Å². The maximum absolute atomic E-state index is 11.8. The molecule has 0 amide bonds. The van der Waals surface area contributed by atoms with Crippen LogP contribution in [-0.2, 0) is 0 Å². The number of rotatable bonds is 1. The van der Waals surface area contributed by atoms with Crippen LogP contribution in [-0.4, -0.2) is 10.1 Å². The minimum Gasteiger partial charge on any atom is -0.506 e. The van der Waals surface area contributed by atoms with Crippen molar-refractivity contribution in [1.82, 2.24) is 4.98 Å². The van der Waals surface area contributed by atoms with Crippen LogP contribution in [0.2, 0.25) is 0 Å². The molecule has 4 heteroatoms. The van der Waals surface area contributed by atoms with Gasteiger partial charge in [0, 0.05) is 11.8 Å². The molecule has 10 heavy (non-hydrogen) atoms. The zero-order valence-corrected chi connectivity index (χ0v) is 4.96. The van der Waals surface area contributed by atoms with Gasteiger partial charge in [-0.15, -0.1) is 0 Å². The van der Waals surface area contributed by atoms with Gasteiger partial charge in [0.05, 0.1) is 6.20 Å². The van der Waals surface area contributed by atoms with Crippen LogP contribution in [0.1, 0.15) is 12.0 Å². The van der Waals surface area contributed by atoms with E-state index >= 15 is 0 Å². The average Bonchev–Trinajstić information content (AvgIpc) is 1.88. The van der Waals surface area contributed by atoms with Crippen molar-refractivity contribution in [2.45, 2.75) is 6.43 Å². The summed E-state index contributed by atoms with van der Waals surface area (Å²) in [6, 6.07) is 0.984. The van der Waals surface area contributed by atoms with Crippen molar-refractivity contribution in [3.05, 3.63) is 24.0 Å². The highest BCUT2D eigenvalue weighted by atomic mass is 19.3. The Morgan fingerprint density at radius 1 is 1.40 bits per heavy atom. The molecule has 54 valence electrons. The molecule has 0 aliphatic rings. The largest absolute Gasteiger partial charge is 0.506 e. The lowest BCUT2D eigenvalue weighted by atomic mass is 10.3. The summed E-state index contributed by atoms with van der Waals surface area (Å²) in [5, 5.41) is 8.67. The van der Waals surface area contributed by atoms with Gasteiger partial charge in [0.2, 0.25) is 0 Å². The summed E-state index contributed by atoms with van der Waals surface area (Å²) in [6.07, 6.45) is -0.449. The fourth-order valence-corrected chi connectivity index (χ4v) is 0.564. The lowest BCUT2D eigenvalue weighted by Crippen LogP contribution is -1.83. The van der Waals surface area contributed by atoms with E-state index in [1.807, 2.05) is 0 Å². The molecule has 0 bridgehead atoms. The van der Waals surface area contributed by atoms with Gasteiger partial charge in [-0.3, -0.25) is 4.98 Å². The zero-order valence-electron chi connectivity index (χ0n) is 4.96. The van der Waals surface area contributed by atoms with Crippen LogP contribution in [0, 0.1) is 0 Å². The van der Waals surface area contributed by atoms with E-state index in [0.717, 1.165) is 18.5 Å². The normalized spacial score (nSPS) is 10.3. The number of aromatic nitrogens is 1. The summed E-state index contributed by atoms with van der Waals surface area (Å²) in [4.78, 5) is 3.38. The number of nitrogens with zero attached hydrogens (tertiary/aromatic N) is 1. The van der Waals surface area contributed by atoms with Crippen molar-refractivity contribution in [2.24, 2.45) is 0 Å². The summed E-state index contributed by atoms with van der Waals surface area (Å²) in [5.74, 6) is -0.238. The van der Waals surface area contributed by atoms with Crippen LogP contribution >= 0.6 is 0 Å². The summed E-state index contributed by atoms with van der Waals surface area (Å²) in [7, 11) is 0. The van der Waals surface area contributed by atoms with Crippen LogP contribution in [0.5, 0.6) is 5.75 Å². The number of alkyl halides is 2. The molecule has 0 radical (unpaired) electrons. The second-order valence-electron chi connectivity index (χ2n) is 1.78. The lowest BCUT2D eigenvalue weighted by Gasteiger charge is -1.96. The van der Waals surface area contributed by atoms with Crippen LogP contribution < -0.4 is 0 Å². The van der Waals surface area contributed by atoms with Gasteiger partial charge in [0.1, 0.15) is 5.75 Å². The second-order valence-corrected chi connectivity index (χ2v) is 1.78. The topological polar surface area (TPSA) is 33.1 Å². The molecule has 0 saturated carbocycles. The third kappa shape index (κ3) is 1.40. The summed E-state index contributed by atoms with van der Waals surface area (Å²) >= 11 is 0. The van der Waals surface area contributed by atoms with E-state index in [0.29, 0.717) is 0 Å². The van der Waals surface area contributed by atoms with Gasteiger partial charge in [-0.2, -0.15) is 0 Å². The van der Waals surface area contributed by atoms with Crippen LogP contribution in [0.15, 0.2) is 18.5 Å². The van der Waals surface area contributed by atoms with Gasteiger partial charge in [-0.25, -0.2) is 8.78 Å². The van der Waals surface area contributed by atoms with Gasteiger partial charge in [-0.05, 0) is 6.07 Å². The molecule has 0 aromatic carbocycles. The fraction of sp³-hybridized carbons (Fsp3) is 0.167. The SMILES string of the molecule is Oc1cncc(C(F)F)c1. The Kier molecular flexibility index (Phi) is 1.80. The third-order valence-electron chi connectivity index (χ3n) is 0.997. The molecule has 0 saturated heterocycles. The predicted molar refractivity (Wildman–Crippen MR) is 30.9 cm³/mol. The van der Waals surface area contributed by atoms with Gasteiger partial charge in [0.25, 0.3) is 6.43 Å².